The van der Waals surface area contributed by atoms with Crippen LogP contribution in [0.25, 0.3) is 0 Å². The SMILES string of the molecule is O=C(CCc1cccc(Cl)c1Cl)NCC1CCN(S(=O)(=O)c2ccccc2)CC1. The van der Waals surface area contributed by atoms with Crippen molar-refractivity contribution in [1.82, 2.24) is 9.62 Å². The van der Waals surface area contributed by atoms with Crippen molar-refractivity contribution in [2.24, 2.45) is 5.92 Å². The van der Waals surface area contributed by atoms with Crippen LogP contribution in [0.4, 0.5) is 0 Å². The van der Waals surface area contributed by atoms with Crippen LogP contribution in [0.1, 0.15) is 24.8 Å². The molecule has 5 nitrogen and oxygen atoms in total. The van der Waals surface area contributed by atoms with Gasteiger partial charge in [-0.3, -0.25) is 4.79 Å². The summed E-state index contributed by atoms with van der Waals surface area (Å²) >= 11 is 12.1. The van der Waals surface area contributed by atoms with Crippen LogP contribution in [0.15, 0.2) is 53.4 Å². The average Bonchev–Trinajstić information content (AvgIpc) is 2.74. The second kappa shape index (κ2) is 9.94. The monoisotopic (exact) mass is 454 g/mol. The highest BCUT2D eigenvalue weighted by Crippen LogP contribution is 2.26. The molecule has 29 heavy (non-hydrogen) atoms. The summed E-state index contributed by atoms with van der Waals surface area (Å²) in [5, 5.41) is 3.94. The van der Waals surface area contributed by atoms with E-state index in [1.54, 1.807) is 36.4 Å². The standard InChI is InChI=1S/C21H24Cl2N2O3S/c22-19-8-4-5-17(21(19)23)9-10-20(26)24-15-16-11-13-25(14-12-16)29(27,28)18-6-2-1-3-7-18/h1-8,16H,9-15H2,(H,24,26). The summed E-state index contributed by atoms with van der Waals surface area (Å²) in [4.78, 5) is 12.5. The molecule has 1 aliphatic rings. The first kappa shape index (κ1) is 22.1. The van der Waals surface area contributed by atoms with Gasteiger partial charge in [0.25, 0.3) is 0 Å². The number of carbonyl (C=O) groups excluding carboxylic acids is 1. The van der Waals surface area contributed by atoms with Gasteiger partial charge in [-0.25, -0.2) is 8.42 Å². The fourth-order valence-corrected chi connectivity index (χ4v) is 5.34. The number of carbonyl (C=O) groups is 1. The minimum absolute atomic E-state index is 0.0413. The second-order valence-electron chi connectivity index (χ2n) is 7.18. The van der Waals surface area contributed by atoms with E-state index >= 15 is 0 Å². The minimum Gasteiger partial charge on any atom is -0.356 e. The van der Waals surface area contributed by atoms with Crippen LogP contribution in [0.5, 0.6) is 0 Å². The molecular formula is C21H24Cl2N2O3S. The summed E-state index contributed by atoms with van der Waals surface area (Å²) in [6.07, 6.45) is 2.32. The highest BCUT2D eigenvalue weighted by molar-refractivity contribution is 7.89. The first-order valence-corrected chi connectivity index (χ1v) is 11.8. The maximum Gasteiger partial charge on any atom is 0.243 e. The van der Waals surface area contributed by atoms with Crippen molar-refractivity contribution in [3.8, 4) is 0 Å². The Kier molecular flexibility index (Phi) is 7.57. The lowest BCUT2D eigenvalue weighted by Crippen LogP contribution is -2.41. The van der Waals surface area contributed by atoms with Crippen LogP contribution in [-0.2, 0) is 21.2 Å². The third kappa shape index (κ3) is 5.72. The van der Waals surface area contributed by atoms with Crippen LogP contribution in [0.2, 0.25) is 10.0 Å². The van der Waals surface area contributed by atoms with E-state index in [9.17, 15) is 13.2 Å². The Morgan fingerprint density at radius 3 is 2.41 bits per heavy atom. The molecular weight excluding hydrogens is 431 g/mol. The van der Waals surface area contributed by atoms with Gasteiger partial charge in [-0.2, -0.15) is 4.31 Å². The summed E-state index contributed by atoms with van der Waals surface area (Å²) in [6.45, 7) is 1.49. The van der Waals surface area contributed by atoms with Crippen LogP contribution in [-0.4, -0.2) is 38.3 Å². The summed E-state index contributed by atoms with van der Waals surface area (Å²) in [6, 6.07) is 13.9. The largest absolute Gasteiger partial charge is 0.356 e. The lowest BCUT2D eigenvalue weighted by Gasteiger charge is -2.31. The number of hydrogen-bond donors (Lipinski definition) is 1. The second-order valence-corrected chi connectivity index (χ2v) is 9.90. The molecule has 0 spiro atoms. The van der Waals surface area contributed by atoms with Gasteiger partial charge in [0.1, 0.15) is 0 Å². The fraction of sp³-hybridized carbons (Fsp3) is 0.381. The Hall–Kier alpha value is -1.60. The first-order chi connectivity index (χ1) is 13.9. The van der Waals surface area contributed by atoms with Crippen molar-refractivity contribution in [3.05, 3.63) is 64.1 Å². The number of amides is 1. The number of piperidine rings is 1. The molecule has 1 fully saturated rings. The van der Waals surface area contributed by atoms with Gasteiger partial charge in [-0.15, -0.1) is 0 Å². The normalized spacial score (nSPS) is 15.9. The molecule has 0 saturated carbocycles. The van der Waals surface area contributed by atoms with Crippen LogP contribution >= 0.6 is 23.2 Å². The van der Waals surface area contributed by atoms with Crippen molar-refractivity contribution < 1.29 is 13.2 Å². The molecule has 0 aromatic heterocycles. The average molecular weight is 455 g/mol. The van der Waals surface area contributed by atoms with E-state index in [1.165, 1.54) is 4.31 Å². The molecule has 0 atom stereocenters. The van der Waals surface area contributed by atoms with Gasteiger partial charge in [-0.1, -0.05) is 53.5 Å². The number of halogens is 2. The van der Waals surface area contributed by atoms with Gasteiger partial charge in [0.05, 0.1) is 14.9 Å². The van der Waals surface area contributed by atoms with Crippen LogP contribution < -0.4 is 5.32 Å². The number of hydrogen-bond acceptors (Lipinski definition) is 3. The van der Waals surface area contributed by atoms with Gasteiger partial charge in [0.2, 0.25) is 15.9 Å². The number of rotatable bonds is 7. The molecule has 2 aromatic rings. The zero-order valence-electron chi connectivity index (χ0n) is 16.0. The highest BCUT2D eigenvalue weighted by atomic mass is 35.5. The van der Waals surface area contributed by atoms with Gasteiger partial charge in [0, 0.05) is 26.1 Å². The molecule has 2 aromatic carbocycles. The maximum atomic E-state index is 12.7. The highest BCUT2D eigenvalue weighted by Gasteiger charge is 2.29. The molecule has 1 aliphatic heterocycles. The Morgan fingerprint density at radius 2 is 1.72 bits per heavy atom. The predicted molar refractivity (Wildman–Crippen MR) is 116 cm³/mol. The molecule has 1 amide bonds. The minimum atomic E-state index is -3.44. The number of benzene rings is 2. The molecule has 0 radical (unpaired) electrons. The maximum absolute atomic E-state index is 12.7. The predicted octanol–water partition coefficient (Wildman–Crippen LogP) is 4.14. The zero-order valence-corrected chi connectivity index (χ0v) is 18.3. The third-order valence-corrected chi connectivity index (χ3v) is 7.97. The van der Waals surface area contributed by atoms with Crippen molar-refractivity contribution in [2.75, 3.05) is 19.6 Å². The van der Waals surface area contributed by atoms with E-state index in [-0.39, 0.29) is 11.8 Å². The molecule has 1 N–H and O–H groups in total. The van der Waals surface area contributed by atoms with E-state index in [4.69, 9.17) is 23.2 Å². The molecule has 0 unspecified atom stereocenters. The Balaban J connectivity index is 1.43. The molecule has 0 bridgehead atoms. The topological polar surface area (TPSA) is 66.5 Å². The molecule has 0 aliphatic carbocycles. The van der Waals surface area contributed by atoms with E-state index < -0.39 is 10.0 Å². The smallest absolute Gasteiger partial charge is 0.243 e. The molecule has 3 rings (SSSR count). The number of sulfonamides is 1. The van der Waals surface area contributed by atoms with E-state index in [0.29, 0.717) is 47.4 Å². The quantitative estimate of drug-likeness (QED) is 0.683. The van der Waals surface area contributed by atoms with E-state index in [1.807, 2.05) is 12.1 Å². The molecule has 1 heterocycles. The summed E-state index contributed by atoms with van der Waals surface area (Å²) in [7, 11) is -3.44. The first-order valence-electron chi connectivity index (χ1n) is 9.62. The summed E-state index contributed by atoms with van der Waals surface area (Å²) < 4.78 is 26.9. The van der Waals surface area contributed by atoms with Crippen molar-refractivity contribution in [3.63, 3.8) is 0 Å². The number of aryl methyl sites for hydroxylation is 1. The zero-order chi connectivity index (χ0) is 20.9. The Morgan fingerprint density at radius 1 is 1.03 bits per heavy atom. The lowest BCUT2D eigenvalue weighted by atomic mass is 9.98. The third-order valence-electron chi connectivity index (χ3n) is 5.20. The van der Waals surface area contributed by atoms with Gasteiger partial charge in [-0.05, 0) is 48.9 Å². The lowest BCUT2D eigenvalue weighted by molar-refractivity contribution is -0.121. The van der Waals surface area contributed by atoms with Gasteiger partial charge in [0.15, 0.2) is 0 Å². The van der Waals surface area contributed by atoms with Crippen molar-refractivity contribution >= 4 is 39.1 Å². The van der Waals surface area contributed by atoms with E-state index in [2.05, 4.69) is 5.32 Å². The Bertz CT molecular complexity index is 944. The van der Waals surface area contributed by atoms with Crippen molar-refractivity contribution in [2.45, 2.75) is 30.6 Å². The summed E-state index contributed by atoms with van der Waals surface area (Å²) in [5.74, 6) is 0.233. The molecule has 1 saturated heterocycles. The fourth-order valence-electron chi connectivity index (χ4n) is 3.43. The van der Waals surface area contributed by atoms with E-state index in [0.717, 1.165) is 18.4 Å². The summed E-state index contributed by atoms with van der Waals surface area (Å²) in [5.41, 5.74) is 0.855. The van der Waals surface area contributed by atoms with Crippen LogP contribution in [0, 0.1) is 5.92 Å². The number of nitrogens with zero attached hydrogens (tertiary/aromatic N) is 1. The molecule has 156 valence electrons. The van der Waals surface area contributed by atoms with Crippen LogP contribution in [0.3, 0.4) is 0 Å². The Labute approximate surface area is 182 Å². The number of nitrogens with one attached hydrogen (secondary N) is 1. The van der Waals surface area contributed by atoms with Gasteiger partial charge >= 0.3 is 0 Å². The van der Waals surface area contributed by atoms with Gasteiger partial charge < -0.3 is 5.32 Å². The van der Waals surface area contributed by atoms with Crippen molar-refractivity contribution in [1.29, 1.82) is 0 Å². The molecule has 8 heteroatoms.